The molecule has 9 heteroatoms. The van der Waals surface area contributed by atoms with Crippen LogP contribution in [0.4, 0.5) is 5.69 Å². The highest BCUT2D eigenvalue weighted by Crippen LogP contribution is 2.29. The number of sulfonamides is 1. The fourth-order valence-corrected chi connectivity index (χ4v) is 4.80. The quantitative estimate of drug-likeness (QED) is 0.832. The molecule has 2 N–H and O–H groups in total. The summed E-state index contributed by atoms with van der Waals surface area (Å²) >= 11 is 0. The van der Waals surface area contributed by atoms with Gasteiger partial charge < -0.3 is 10.4 Å². The number of carbonyl (C=O) groups excluding carboxylic acids is 1. The van der Waals surface area contributed by atoms with Crippen molar-refractivity contribution in [3.8, 4) is 0 Å². The highest BCUT2D eigenvalue weighted by molar-refractivity contribution is 7.89. The second kappa shape index (κ2) is 6.19. The van der Waals surface area contributed by atoms with Gasteiger partial charge in [0.1, 0.15) is 0 Å². The van der Waals surface area contributed by atoms with Gasteiger partial charge in [0.25, 0.3) is 0 Å². The SMILES string of the molecule is CC(O)c1cc2n(n1)CCN(S(=O)(=O)c1ccc3c(c1)CCC(=O)N3)C2. The Kier molecular flexibility index (Phi) is 4.09. The summed E-state index contributed by atoms with van der Waals surface area (Å²) < 4.78 is 29.3. The van der Waals surface area contributed by atoms with E-state index in [0.29, 0.717) is 37.3 Å². The molecule has 0 fully saturated rings. The molecule has 1 amide bonds. The summed E-state index contributed by atoms with van der Waals surface area (Å²) in [4.78, 5) is 11.7. The Hall–Kier alpha value is -2.23. The van der Waals surface area contributed by atoms with Gasteiger partial charge in [-0.2, -0.15) is 9.40 Å². The van der Waals surface area contributed by atoms with Gasteiger partial charge >= 0.3 is 0 Å². The van der Waals surface area contributed by atoms with Crippen molar-refractivity contribution in [1.82, 2.24) is 14.1 Å². The maximum absolute atomic E-state index is 13.0. The molecule has 1 aromatic heterocycles. The Balaban J connectivity index is 1.62. The van der Waals surface area contributed by atoms with Gasteiger partial charge in [-0.3, -0.25) is 9.48 Å². The number of fused-ring (bicyclic) bond motifs is 2. The summed E-state index contributed by atoms with van der Waals surface area (Å²) in [6, 6.07) is 6.58. The van der Waals surface area contributed by atoms with Crippen LogP contribution in [0.5, 0.6) is 0 Å². The van der Waals surface area contributed by atoms with E-state index in [2.05, 4.69) is 10.4 Å². The highest BCUT2D eigenvalue weighted by atomic mass is 32.2. The predicted octanol–water partition coefficient (Wildman–Crippen LogP) is 1.03. The van der Waals surface area contributed by atoms with E-state index in [1.165, 1.54) is 10.4 Å². The van der Waals surface area contributed by atoms with Crippen LogP contribution in [0.2, 0.25) is 0 Å². The molecule has 138 valence electrons. The summed E-state index contributed by atoms with van der Waals surface area (Å²) in [5.41, 5.74) is 2.83. The molecule has 8 nitrogen and oxygen atoms in total. The van der Waals surface area contributed by atoms with Gasteiger partial charge in [0.2, 0.25) is 15.9 Å². The Morgan fingerprint density at radius 1 is 1.23 bits per heavy atom. The smallest absolute Gasteiger partial charge is 0.243 e. The van der Waals surface area contributed by atoms with Crippen molar-refractivity contribution in [2.75, 3.05) is 11.9 Å². The summed E-state index contributed by atoms with van der Waals surface area (Å²) in [6.45, 7) is 2.62. The summed E-state index contributed by atoms with van der Waals surface area (Å²) in [6.07, 6.45) is 0.213. The second-order valence-electron chi connectivity index (χ2n) is 6.67. The van der Waals surface area contributed by atoms with Crippen LogP contribution in [0, 0.1) is 0 Å². The maximum Gasteiger partial charge on any atom is 0.243 e. The number of aromatic nitrogens is 2. The number of aliphatic hydroxyl groups excluding tert-OH is 1. The number of amides is 1. The Bertz CT molecular complexity index is 981. The maximum atomic E-state index is 13.0. The minimum Gasteiger partial charge on any atom is -0.387 e. The average Bonchev–Trinajstić information content (AvgIpc) is 3.04. The van der Waals surface area contributed by atoms with E-state index in [4.69, 9.17) is 0 Å². The molecule has 0 spiro atoms. The van der Waals surface area contributed by atoms with Gasteiger partial charge in [-0.1, -0.05) is 0 Å². The lowest BCUT2D eigenvalue weighted by Crippen LogP contribution is -2.38. The number of benzene rings is 1. The summed E-state index contributed by atoms with van der Waals surface area (Å²) in [5, 5.41) is 16.7. The van der Waals surface area contributed by atoms with E-state index in [-0.39, 0.29) is 17.3 Å². The number of aryl methyl sites for hydroxylation is 1. The summed E-state index contributed by atoms with van der Waals surface area (Å²) in [5.74, 6) is -0.0497. The minimum atomic E-state index is -3.65. The molecule has 26 heavy (non-hydrogen) atoms. The van der Waals surface area contributed by atoms with E-state index in [1.807, 2.05) is 0 Å². The van der Waals surface area contributed by atoms with Gasteiger partial charge in [0.15, 0.2) is 0 Å². The lowest BCUT2D eigenvalue weighted by atomic mass is 10.0. The largest absolute Gasteiger partial charge is 0.387 e. The number of hydrogen-bond acceptors (Lipinski definition) is 5. The molecule has 0 bridgehead atoms. The van der Waals surface area contributed by atoms with Crippen LogP contribution < -0.4 is 5.32 Å². The predicted molar refractivity (Wildman–Crippen MR) is 93.8 cm³/mol. The van der Waals surface area contributed by atoms with E-state index in [1.54, 1.807) is 29.8 Å². The fraction of sp³-hybridized carbons (Fsp3) is 0.412. The fourth-order valence-electron chi connectivity index (χ4n) is 3.34. The number of nitrogens with zero attached hydrogens (tertiary/aromatic N) is 3. The van der Waals surface area contributed by atoms with Crippen molar-refractivity contribution < 1.29 is 18.3 Å². The van der Waals surface area contributed by atoms with Crippen LogP contribution in [0.25, 0.3) is 0 Å². The molecule has 2 aromatic rings. The first-order chi connectivity index (χ1) is 12.3. The van der Waals surface area contributed by atoms with Crippen molar-refractivity contribution >= 4 is 21.6 Å². The molecule has 0 saturated heterocycles. The van der Waals surface area contributed by atoms with Crippen LogP contribution in [-0.2, 0) is 34.3 Å². The molecule has 1 unspecified atom stereocenters. The molecule has 2 aliphatic heterocycles. The lowest BCUT2D eigenvalue weighted by Gasteiger charge is -2.27. The highest BCUT2D eigenvalue weighted by Gasteiger charge is 2.30. The van der Waals surface area contributed by atoms with Crippen molar-refractivity contribution in [3.63, 3.8) is 0 Å². The molecule has 0 saturated carbocycles. The van der Waals surface area contributed by atoms with Crippen LogP contribution in [0.1, 0.15) is 36.4 Å². The third-order valence-electron chi connectivity index (χ3n) is 4.82. The van der Waals surface area contributed by atoms with Gasteiger partial charge in [0, 0.05) is 18.7 Å². The lowest BCUT2D eigenvalue weighted by molar-refractivity contribution is -0.116. The zero-order chi connectivity index (χ0) is 18.5. The van der Waals surface area contributed by atoms with Crippen LogP contribution in [-0.4, -0.2) is 40.1 Å². The number of carbonyl (C=O) groups is 1. The Morgan fingerprint density at radius 2 is 2.04 bits per heavy atom. The van der Waals surface area contributed by atoms with Gasteiger partial charge in [-0.25, -0.2) is 8.42 Å². The second-order valence-corrected chi connectivity index (χ2v) is 8.60. The zero-order valence-electron chi connectivity index (χ0n) is 14.3. The average molecular weight is 376 g/mol. The normalized spacial score (nSPS) is 18.8. The molecule has 1 aromatic carbocycles. The monoisotopic (exact) mass is 376 g/mol. The van der Waals surface area contributed by atoms with Crippen LogP contribution in [0.3, 0.4) is 0 Å². The zero-order valence-corrected chi connectivity index (χ0v) is 15.2. The first-order valence-corrected chi connectivity index (χ1v) is 9.96. The Morgan fingerprint density at radius 3 is 2.81 bits per heavy atom. The Labute approximate surface area is 151 Å². The molecular formula is C17H20N4O4S. The summed E-state index contributed by atoms with van der Waals surface area (Å²) in [7, 11) is -3.65. The van der Waals surface area contributed by atoms with E-state index in [9.17, 15) is 18.3 Å². The first kappa shape index (κ1) is 17.2. The van der Waals surface area contributed by atoms with E-state index < -0.39 is 16.1 Å². The van der Waals surface area contributed by atoms with Crippen molar-refractivity contribution in [3.05, 3.63) is 41.2 Å². The van der Waals surface area contributed by atoms with Crippen molar-refractivity contribution in [1.29, 1.82) is 0 Å². The number of rotatable bonds is 3. The number of anilines is 1. The first-order valence-electron chi connectivity index (χ1n) is 8.52. The minimum absolute atomic E-state index is 0.0497. The third-order valence-corrected chi connectivity index (χ3v) is 6.66. The van der Waals surface area contributed by atoms with Gasteiger partial charge in [-0.15, -0.1) is 0 Å². The standard InChI is InChI=1S/C17H20N4O4S/c1-11(22)16-9-13-10-20(6-7-21(13)19-16)26(24,25)14-3-4-15-12(8-14)2-5-17(23)18-15/h3-4,8-9,11,22H,2,5-7,10H2,1H3,(H,18,23). The van der Waals surface area contributed by atoms with E-state index >= 15 is 0 Å². The number of nitrogens with one attached hydrogen (secondary N) is 1. The van der Waals surface area contributed by atoms with Gasteiger partial charge in [-0.05, 0) is 43.2 Å². The molecule has 3 heterocycles. The van der Waals surface area contributed by atoms with Crippen LogP contribution >= 0.6 is 0 Å². The van der Waals surface area contributed by atoms with Gasteiger partial charge in [0.05, 0.1) is 35.5 Å². The van der Waals surface area contributed by atoms with Crippen molar-refractivity contribution in [2.24, 2.45) is 0 Å². The number of hydrogen-bond donors (Lipinski definition) is 2. The molecule has 2 aliphatic rings. The third kappa shape index (κ3) is 2.91. The van der Waals surface area contributed by atoms with Crippen molar-refractivity contribution in [2.45, 2.75) is 43.9 Å². The van der Waals surface area contributed by atoms with Crippen LogP contribution in [0.15, 0.2) is 29.2 Å². The van der Waals surface area contributed by atoms with E-state index in [0.717, 1.165) is 11.3 Å². The topological polar surface area (TPSA) is 105 Å². The number of aliphatic hydroxyl groups is 1. The molecule has 4 rings (SSSR count). The molecule has 0 aliphatic carbocycles. The molecule has 1 atom stereocenters. The molecular weight excluding hydrogens is 356 g/mol. The molecule has 0 radical (unpaired) electrons.